The van der Waals surface area contributed by atoms with Crippen molar-refractivity contribution < 1.29 is 4.79 Å². The third-order valence-electron chi connectivity index (χ3n) is 4.35. The van der Waals surface area contributed by atoms with Crippen LogP contribution in [-0.2, 0) is 4.79 Å². The summed E-state index contributed by atoms with van der Waals surface area (Å²) >= 11 is 3.54. The molecule has 0 bridgehead atoms. The number of nitrogens with two attached hydrogens (primary N) is 1. The van der Waals surface area contributed by atoms with E-state index >= 15 is 0 Å². The number of hydrogen-bond acceptors (Lipinski definition) is 2. The molecule has 2 rings (SSSR count). The number of aryl methyl sites for hydroxylation is 2. The molecule has 0 heterocycles. The molecule has 0 radical (unpaired) electrons. The number of nitrogens with one attached hydrogen (secondary N) is 1. The van der Waals surface area contributed by atoms with Crippen LogP contribution in [0.3, 0.4) is 0 Å². The molecule has 1 amide bonds. The molecule has 20 heavy (non-hydrogen) atoms. The van der Waals surface area contributed by atoms with Crippen molar-refractivity contribution in [1.29, 1.82) is 0 Å². The maximum absolute atomic E-state index is 12.7. The Morgan fingerprint density at radius 2 is 1.95 bits per heavy atom. The van der Waals surface area contributed by atoms with Crippen LogP contribution in [0, 0.1) is 19.3 Å². The standard InChI is InChI=1S/C16H23BrN2O/c1-11-8-12(2)14(13(17)9-11)19-15(20)16(10-18)6-4-3-5-7-16/h8-9H,3-7,10,18H2,1-2H3,(H,19,20). The second-order valence-electron chi connectivity index (χ2n) is 5.94. The Hall–Kier alpha value is -0.870. The first-order chi connectivity index (χ1) is 9.48. The van der Waals surface area contributed by atoms with Gasteiger partial charge in [-0.25, -0.2) is 0 Å². The third-order valence-corrected chi connectivity index (χ3v) is 4.98. The smallest absolute Gasteiger partial charge is 0.231 e. The number of carbonyl (C=O) groups excluding carboxylic acids is 1. The van der Waals surface area contributed by atoms with Gasteiger partial charge in [-0.05, 0) is 59.8 Å². The number of amides is 1. The Morgan fingerprint density at radius 1 is 1.30 bits per heavy atom. The first-order valence-electron chi connectivity index (χ1n) is 7.27. The van der Waals surface area contributed by atoms with Crippen LogP contribution in [0.25, 0.3) is 0 Å². The zero-order chi connectivity index (χ0) is 14.8. The average molecular weight is 339 g/mol. The van der Waals surface area contributed by atoms with E-state index in [-0.39, 0.29) is 11.3 Å². The summed E-state index contributed by atoms with van der Waals surface area (Å²) in [6.07, 6.45) is 5.20. The van der Waals surface area contributed by atoms with Crippen molar-refractivity contribution in [2.45, 2.75) is 46.0 Å². The molecule has 1 aromatic carbocycles. The van der Waals surface area contributed by atoms with Gasteiger partial charge in [-0.3, -0.25) is 4.79 Å². The Balaban J connectivity index is 2.23. The van der Waals surface area contributed by atoms with Gasteiger partial charge in [0.25, 0.3) is 0 Å². The fourth-order valence-electron chi connectivity index (χ4n) is 3.07. The fourth-order valence-corrected chi connectivity index (χ4v) is 3.85. The maximum Gasteiger partial charge on any atom is 0.231 e. The van der Waals surface area contributed by atoms with Crippen LogP contribution < -0.4 is 11.1 Å². The molecule has 0 unspecified atom stereocenters. The van der Waals surface area contributed by atoms with E-state index in [0.717, 1.165) is 41.4 Å². The zero-order valence-electron chi connectivity index (χ0n) is 12.3. The van der Waals surface area contributed by atoms with E-state index in [0.29, 0.717) is 6.54 Å². The summed E-state index contributed by atoms with van der Waals surface area (Å²) in [6.45, 7) is 4.50. The normalized spacial score (nSPS) is 17.8. The molecule has 3 N–H and O–H groups in total. The topological polar surface area (TPSA) is 55.1 Å². The summed E-state index contributed by atoms with van der Waals surface area (Å²) in [6, 6.07) is 4.11. The van der Waals surface area contributed by atoms with Crippen molar-refractivity contribution in [2.24, 2.45) is 11.1 Å². The van der Waals surface area contributed by atoms with Crippen molar-refractivity contribution in [3.63, 3.8) is 0 Å². The van der Waals surface area contributed by atoms with Gasteiger partial charge in [-0.15, -0.1) is 0 Å². The lowest BCUT2D eigenvalue weighted by molar-refractivity contribution is -0.126. The fraction of sp³-hybridized carbons (Fsp3) is 0.562. The predicted molar refractivity (Wildman–Crippen MR) is 86.8 cm³/mol. The van der Waals surface area contributed by atoms with Crippen LogP contribution in [-0.4, -0.2) is 12.5 Å². The monoisotopic (exact) mass is 338 g/mol. The molecule has 1 fully saturated rings. The van der Waals surface area contributed by atoms with Crippen molar-refractivity contribution in [3.05, 3.63) is 27.7 Å². The van der Waals surface area contributed by atoms with Crippen LogP contribution in [0.2, 0.25) is 0 Å². The van der Waals surface area contributed by atoms with E-state index < -0.39 is 0 Å². The van der Waals surface area contributed by atoms with E-state index in [4.69, 9.17) is 5.73 Å². The maximum atomic E-state index is 12.7. The van der Waals surface area contributed by atoms with Crippen LogP contribution in [0.1, 0.15) is 43.2 Å². The number of anilines is 1. The Bertz CT molecular complexity index is 484. The van der Waals surface area contributed by atoms with E-state index in [1.165, 1.54) is 12.0 Å². The van der Waals surface area contributed by atoms with Gasteiger partial charge in [0.1, 0.15) is 0 Å². The van der Waals surface area contributed by atoms with Gasteiger partial charge in [-0.1, -0.05) is 25.3 Å². The summed E-state index contributed by atoms with van der Waals surface area (Å²) in [4.78, 5) is 12.7. The molecule has 3 nitrogen and oxygen atoms in total. The highest BCUT2D eigenvalue weighted by Gasteiger charge is 2.38. The number of carbonyl (C=O) groups is 1. The third kappa shape index (κ3) is 3.07. The largest absolute Gasteiger partial charge is 0.329 e. The molecule has 1 aliphatic rings. The number of halogens is 1. The molecule has 0 saturated heterocycles. The molecule has 0 aromatic heterocycles. The van der Waals surface area contributed by atoms with Crippen molar-refractivity contribution in [2.75, 3.05) is 11.9 Å². The van der Waals surface area contributed by atoms with Crippen molar-refractivity contribution >= 4 is 27.5 Å². The summed E-state index contributed by atoms with van der Waals surface area (Å²) in [5.74, 6) is 0.0763. The lowest BCUT2D eigenvalue weighted by Crippen LogP contribution is -2.44. The quantitative estimate of drug-likeness (QED) is 0.877. The van der Waals surface area contributed by atoms with Crippen molar-refractivity contribution in [1.82, 2.24) is 0 Å². The highest BCUT2D eigenvalue weighted by atomic mass is 79.9. The molecule has 1 aliphatic carbocycles. The summed E-state index contributed by atoms with van der Waals surface area (Å²) in [5.41, 5.74) is 8.67. The molecule has 4 heteroatoms. The van der Waals surface area contributed by atoms with Crippen molar-refractivity contribution in [3.8, 4) is 0 Å². The van der Waals surface area contributed by atoms with Crippen LogP contribution >= 0.6 is 15.9 Å². The Morgan fingerprint density at radius 3 is 2.50 bits per heavy atom. The Kier molecular flexibility index (Phi) is 4.86. The molecule has 110 valence electrons. The average Bonchev–Trinajstić information content (AvgIpc) is 2.43. The second kappa shape index (κ2) is 6.27. The van der Waals surface area contributed by atoms with Crippen LogP contribution in [0.15, 0.2) is 16.6 Å². The molecule has 1 saturated carbocycles. The van der Waals surface area contributed by atoms with E-state index in [1.54, 1.807) is 0 Å². The molecule has 0 aliphatic heterocycles. The molecule has 0 atom stereocenters. The molecule has 1 aromatic rings. The SMILES string of the molecule is Cc1cc(C)c(NC(=O)C2(CN)CCCCC2)c(Br)c1. The zero-order valence-corrected chi connectivity index (χ0v) is 13.8. The van der Waals surface area contributed by atoms with Gasteiger partial charge in [0.15, 0.2) is 0 Å². The van der Waals surface area contributed by atoms with Crippen LogP contribution in [0.4, 0.5) is 5.69 Å². The predicted octanol–water partition coefficient (Wildman–Crippen LogP) is 3.91. The molecule has 0 spiro atoms. The van der Waals surface area contributed by atoms with E-state index in [1.807, 2.05) is 19.9 Å². The van der Waals surface area contributed by atoms with E-state index in [2.05, 4.69) is 27.3 Å². The second-order valence-corrected chi connectivity index (χ2v) is 6.79. The summed E-state index contributed by atoms with van der Waals surface area (Å²) < 4.78 is 0.936. The van der Waals surface area contributed by atoms with Gasteiger partial charge >= 0.3 is 0 Å². The number of hydrogen-bond donors (Lipinski definition) is 2. The highest BCUT2D eigenvalue weighted by Crippen LogP contribution is 2.37. The van der Waals surface area contributed by atoms with Gasteiger partial charge in [-0.2, -0.15) is 0 Å². The minimum absolute atomic E-state index is 0.0763. The molecular weight excluding hydrogens is 316 g/mol. The Labute approximate surface area is 129 Å². The highest BCUT2D eigenvalue weighted by molar-refractivity contribution is 9.10. The lowest BCUT2D eigenvalue weighted by atomic mass is 9.73. The van der Waals surface area contributed by atoms with Gasteiger partial charge in [0.05, 0.1) is 11.1 Å². The first kappa shape index (κ1) is 15.5. The summed E-state index contributed by atoms with van der Waals surface area (Å²) in [5, 5.41) is 3.10. The molecular formula is C16H23BrN2O. The summed E-state index contributed by atoms with van der Waals surface area (Å²) in [7, 11) is 0. The minimum atomic E-state index is -0.380. The van der Waals surface area contributed by atoms with Gasteiger partial charge in [0, 0.05) is 11.0 Å². The van der Waals surface area contributed by atoms with Crippen LogP contribution in [0.5, 0.6) is 0 Å². The number of benzene rings is 1. The van der Waals surface area contributed by atoms with Gasteiger partial charge in [0.2, 0.25) is 5.91 Å². The minimum Gasteiger partial charge on any atom is -0.329 e. The first-order valence-corrected chi connectivity index (χ1v) is 8.06. The van der Waals surface area contributed by atoms with Gasteiger partial charge < -0.3 is 11.1 Å². The number of rotatable bonds is 3. The van der Waals surface area contributed by atoms with E-state index in [9.17, 15) is 4.79 Å². The lowest BCUT2D eigenvalue weighted by Gasteiger charge is -2.35.